The van der Waals surface area contributed by atoms with E-state index in [1.165, 1.54) is 53.0 Å². The van der Waals surface area contributed by atoms with Gasteiger partial charge in [-0.05, 0) is 19.9 Å². The number of phenolic OH excluding ortho intramolecular Hbond substituents is 3. The quantitative estimate of drug-likeness (QED) is 0.0847. The number of esters is 1. The molecule has 2 aromatic carbocycles. The van der Waals surface area contributed by atoms with Gasteiger partial charge in [0.15, 0.2) is 5.75 Å². The Bertz CT molecular complexity index is 1970. The maximum atomic E-state index is 14.3. The molecule has 1 amide bonds. The second kappa shape index (κ2) is 17.6. The van der Waals surface area contributed by atoms with Crippen LogP contribution >= 0.6 is 11.8 Å². The molecule has 5 bridgehead atoms. The average molecular weight is 802 g/mol. The van der Waals surface area contributed by atoms with Crippen LogP contribution in [0.15, 0.2) is 41.0 Å². The van der Waals surface area contributed by atoms with E-state index >= 15 is 0 Å². The van der Waals surface area contributed by atoms with Gasteiger partial charge < -0.3 is 54.9 Å². The van der Waals surface area contributed by atoms with Crippen LogP contribution in [-0.4, -0.2) is 97.3 Å². The molecule has 306 valence electrons. The van der Waals surface area contributed by atoms with Crippen molar-refractivity contribution >= 4 is 51.9 Å². The molecule has 15 nitrogen and oxygen atoms in total. The number of anilines is 1. The smallest absolute Gasteiger partial charge is 0.312 e. The number of carbonyl (C=O) groups is 4. The molecule has 0 fully saturated rings. The fourth-order valence-corrected chi connectivity index (χ4v) is 8.09. The first-order valence-electron chi connectivity index (χ1n) is 18.1. The van der Waals surface area contributed by atoms with Gasteiger partial charge in [0.05, 0.1) is 46.8 Å². The molecule has 0 spiro atoms. The van der Waals surface area contributed by atoms with Crippen molar-refractivity contribution < 1.29 is 68.8 Å². The number of Topliss-reactive ketones (excluding diaryl/α,β-unsaturated/α-hetero) is 1. The van der Waals surface area contributed by atoms with Crippen molar-refractivity contribution in [1.29, 1.82) is 0 Å². The van der Waals surface area contributed by atoms with Gasteiger partial charge in [-0.3, -0.25) is 19.2 Å². The predicted molar refractivity (Wildman–Crippen MR) is 207 cm³/mol. The normalized spacial score (nSPS) is 30.9. The molecule has 3 aliphatic heterocycles. The molecule has 2 aromatic rings. The van der Waals surface area contributed by atoms with E-state index in [1.807, 2.05) is 0 Å². The highest BCUT2D eigenvalue weighted by Crippen LogP contribution is 2.57. The number of ether oxygens (including phenoxy) is 4. The number of carboxylic acid groups (broad SMARTS) is 1. The lowest BCUT2D eigenvalue weighted by Crippen LogP contribution is -2.46. The van der Waals surface area contributed by atoms with E-state index in [0.29, 0.717) is 0 Å². The van der Waals surface area contributed by atoms with Crippen molar-refractivity contribution in [2.24, 2.45) is 23.7 Å². The van der Waals surface area contributed by atoms with E-state index in [2.05, 4.69) is 5.32 Å². The third-order valence-corrected chi connectivity index (χ3v) is 11.6. The van der Waals surface area contributed by atoms with Crippen LogP contribution in [0.4, 0.5) is 5.69 Å². The lowest BCUT2D eigenvalue weighted by Gasteiger charge is -2.38. The highest BCUT2D eigenvalue weighted by molar-refractivity contribution is 7.99. The van der Waals surface area contributed by atoms with Gasteiger partial charge in [-0.2, -0.15) is 0 Å². The van der Waals surface area contributed by atoms with Gasteiger partial charge in [-0.1, -0.05) is 45.9 Å². The Labute approximate surface area is 329 Å². The number of aliphatic hydroxyl groups excluding tert-OH is 2. The Morgan fingerprint density at radius 2 is 1.61 bits per heavy atom. The second-order valence-corrected chi connectivity index (χ2v) is 15.6. The minimum Gasteiger partial charge on any atom is -0.507 e. The number of ketones is 1. The molecule has 0 aromatic heterocycles. The Morgan fingerprint density at radius 1 is 0.946 bits per heavy atom. The molecule has 0 radical (unpaired) electrons. The van der Waals surface area contributed by atoms with E-state index in [4.69, 9.17) is 18.9 Å². The summed E-state index contributed by atoms with van der Waals surface area (Å²) in [7, 11) is 1.41. The number of amides is 1. The first-order chi connectivity index (χ1) is 26.2. The van der Waals surface area contributed by atoms with E-state index < -0.39 is 94.8 Å². The summed E-state index contributed by atoms with van der Waals surface area (Å²) in [5, 5.41) is 68.8. The van der Waals surface area contributed by atoms with Crippen LogP contribution in [0.1, 0.15) is 70.8 Å². The highest BCUT2D eigenvalue weighted by atomic mass is 32.2. The first kappa shape index (κ1) is 44.0. The van der Waals surface area contributed by atoms with Crippen molar-refractivity contribution in [2.75, 3.05) is 18.2 Å². The minimum atomic E-state index is -2.08. The summed E-state index contributed by atoms with van der Waals surface area (Å²) < 4.78 is 23.3. The molecule has 0 aliphatic carbocycles. The van der Waals surface area contributed by atoms with Gasteiger partial charge in [-0.25, -0.2) is 0 Å². The maximum absolute atomic E-state index is 14.3. The number of phenols is 3. The number of thioether (sulfide) groups is 1. The first-order valence-corrected chi connectivity index (χ1v) is 19.1. The Balaban J connectivity index is 1.96. The number of aromatic hydroxyl groups is 3. The van der Waals surface area contributed by atoms with Crippen LogP contribution in [0.25, 0.3) is 10.8 Å². The Morgan fingerprint density at radius 3 is 2.21 bits per heavy atom. The number of carboxylic acids is 1. The van der Waals surface area contributed by atoms with E-state index in [-0.39, 0.29) is 56.0 Å². The van der Waals surface area contributed by atoms with Crippen molar-refractivity contribution in [3.8, 4) is 23.0 Å². The zero-order valence-corrected chi connectivity index (χ0v) is 33.6. The number of nitrogens with one attached hydrogen (secondary N) is 1. The number of hydrogen-bond donors (Lipinski definition) is 7. The van der Waals surface area contributed by atoms with Gasteiger partial charge in [0.2, 0.25) is 0 Å². The third kappa shape index (κ3) is 8.62. The molecule has 7 N–H and O–H groups in total. The molecule has 9 atom stereocenters. The van der Waals surface area contributed by atoms with E-state index in [9.17, 15) is 49.8 Å². The largest absolute Gasteiger partial charge is 0.507 e. The van der Waals surface area contributed by atoms with Crippen LogP contribution in [0.5, 0.6) is 23.0 Å². The van der Waals surface area contributed by atoms with Crippen LogP contribution in [-0.2, 0) is 28.6 Å². The van der Waals surface area contributed by atoms with Crippen LogP contribution in [0, 0.1) is 30.6 Å². The number of benzene rings is 2. The molecule has 16 heteroatoms. The number of fused-ring (bicyclic) bond motifs is 14. The number of hydrogen-bond acceptors (Lipinski definition) is 14. The fraction of sp³-hybridized carbons (Fsp3) is 0.500. The number of allylic oxidation sites excluding steroid dienone is 2. The number of aliphatic carboxylic acids is 1. The summed E-state index contributed by atoms with van der Waals surface area (Å²) in [6, 6.07) is 0. The second-order valence-electron chi connectivity index (χ2n) is 14.5. The highest BCUT2D eigenvalue weighted by Gasteiger charge is 2.50. The summed E-state index contributed by atoms with van der Waals surface area (Å²) in [5.74, 6) is -10.1. The number of methoxy groups -OCH3 is 1. The standard InChI is InChI=1S/C40H51NO14S/c1-17-11-10-12-18(2)39(51)41-29-33(48)27-26(34(49)37(29)56-16-14-25(43)44)28-36(22(6)32(27)47)55-40(8,38(28)50)53-15-13-24(52-9)19(3)35(54-23(7)42)21(5)31(46)20(4)30(17)45/h10-13,15,17,19-21,24,30-31,35,45-49H,14,16H2,1-9H3,(H,41,51)(H,43,44)/b11-10+,15-13+,18-12-. The number of aliphatic hydroxyl groups is 2. The molecular formula is C40H51NO14S. The molecule has 5 rings (SSSR count). The summed E-state index contributed by atoms with van der Waals surface area (Å²) in [6.45, 7) is 12.2. The van der Waals surface area contributed by atoms with E-state index in [0.717, 1.165) is 18.0 Å². The van der Waals surface area contributed by atoms with Gasteiger partial charge in [0, 0.05) is 66.9 Å². The zero-order chi connectivity index (χ0) is 42.0. The van der Waals surface area contributed by atoms with Crippen molar-refractivity contribution in [2.45, 2.75) is 96.9 Å². The lowest BCUT2D eigenvalue weighted by atomic mass is 9.78. The van der Waals surface area contributed by atoms with Crippen LogP contribution < -0.4 is 10.1 Å². The third-order valence-electron chi connectivity index (χ3n) is 10.5. The van der Waals surface area contributed by atoms with Crippen LogP contribution in [0.3, 0.4) is 0 Å². The summed E-state index contributed by atoms with van der Waals surface area (Å²) in [5.41, 5.74) is -0.457. The van der Waals surface area contributed by atoms with Gasteiger partial charge >= 0.3 is 17.7 Å². The Kier molecular flexibility index (Phi) is 13.8. The van der Waals surface area contributed by atoms with Crippen LogP contribution in [0.2, 0.25) is 0 Å². The van der Waals surface area contributed by atoms with Crippen molar-refractivity contribution in [3.63, 3.8) is 0 Å². The lowest BCUT2D eigenvalue weighted by molar-refractivity contribution is -0.160. The monoisotopic (exact) mass is 801 g/mol. The van der Waals surface area contributed by atoms with Crippen molar-refractivity contribution in [1.82, 2.24) is 0 Å². The van der Waals surface area contributed by atoms with Crippen molar-refractivity contribution in [3.05, 3.63) is 47.3 Å². The SMILES string of the molecule is COC1/C=C/OC2(C)Oc3c(C)c(O)c4c(O)c(c(SCCC(=O)O)c(O)c4c3C2=O)NC(=O)/C(C)=C\C=C\C(C)C(O)C(C)C(O)C(C)C(OC(C)=O)C1C. The minimum absolute atomic E-state index is 0.00726. The summed E-state index contributed by atoms with van der Waals surface area (Å²) >= 11 is 0.794. The molecule has 9 unspecified atom stereocenters. The maximum Gasteiger partial charge on any atom is 0.312 e. The topological polar surface area (TPSA) is 239 Å². The van der Waals surface area contributed by atoms with Gasteiger partial charge in [0.1, 0.15) is 29.0 Å². The fourth-order valence-electron chi connectivity index (χ4n) is 7.08. The van der Waals surface area contributed by atoms with E-state index in [1.54, 1.807) is 33.8 Å². The summed E-state index contributed by atoms with van der Waals surface area (Å²) in [6.07, 6.45) is 2.89. The molecule has 3 heterocycles. The van der Waals surface area contributed by atoms with Gasteiger partial charge in [0.25, 0.3) is 11.7 Å². The number of rotatable bonds is 6. The average Bonchev–Trinajstić information content (AvgIpc) is 3.41. The molecule has 0 saturated carbocycles. The Hall–Kier alpha value is -4.77. The zero-order valence-electron chi connectivity index (χ0n) is 32.8. The molecule has 56 heavy (non-hydrogen) atoms. The predicted octanol–water partition coefficient (Wildman–Crippen LogP) is 5.32. The number of carbonyl (C=O) groups excluding carboxylic acids is 3. The summed E-state index contributed by atoms with van der Waals surface area (Å²) in [4.78, 5) is 51.3. The van der Waals surface area contributed by atoms with Gasteiger partial charge in [-0.15, -0.1) is 11.8 Å². The molecule has 3 aliphatic rings. The molecular weight excluding hydrogens is 750 g/mol. The molecule has 0 saturated heterocycles.